The van der Waals surface area contributed by atoms with Gasteiger partial charge in [0.25, 0.3) is 0 Å². The Morgan fingerprint density at radius 3 is 2.50 bits per heavy atom. The molecule has 2 unspecified atom stereocenters. The van der Waals surface area contributed by atoms with Crippen LogP contribution in [0.2, 0.25) is 0 Å². The quantitative estimate of drug-likeness (QED) is 0.885. The van der Waals surface area contributed by atoms with Crippen LogP contribution in [-0.4, -0.2) is 22.9 Å². The normalized spacial score (nSPS) is 27.9. The molecule has 2 aliphatic rings. The predicted molar refractivity (Wildman–Crippen MR) is 71.0 cm³/mol. The van der Waals surface area contributed by atoms with Crippen molar-refractivity contribution in [3.8, 4) is 0 Å². The van der Waals surface area contributed by atoms with Crippen LogP contribution >= 0.6 is 0 Å². The van der Waals surface area contributed by atoms with Gasteiger partial charge in [-0.2, -0.15) is 0 Å². The number of rotatable bonds is 3. The van der Waals surface area contributed by atoms with E-state index >= 15 is 0 Å². The van der Waals surface area contributed by atoms with Gasteiger partial charge in [0.2, 0.25) is 5.91 Å². The van der Waals surface area contributed by atoms with E-state index < -0.39 is 0 Å². The number of benzene rings is 1. The highest BCUT2D eigenvalue weighted by Crippen LogP contribution is 2.37. The molecule has 1 aliphatic carbocycles. The topological polar surface area (TPSA) is 32.3 Å². The van der Waals surface area contributed by atoms with Crippen LogP contribution in [0.4, 0.5) is 0 Å². The molecule has 0 aromatic heterocycles. The van der Waals surface area contributed by atoms with Crippen molar-refractivity contribution < 1.29 is 4.79 Å². The van der Waals surface area contributed by atoms with E-state index in [0.29, 0.717) is 6.04 Å². The summed E-state index contributed by atoms with van der Waals surface area (Å²) in [6.07, 6.45) is 3.26. The monoisotopic (exact) mass is 244 g/mol. The van der Waals surface area contributed by atoms with E-state index in [9.17, 15) is 4.79 Å². The van der Waals surface area contributed by atoms with Crippen LogP contribution in [0, 0.1) is 6.92 Å². The summed E-state index contributed by atoms with van der Waals surface area (Å²) in [5.74, 6) is 0.283. The number of carbonyl (C=O) groups excluding carboxylic acids is 1. The second kappa shape index (κ2) is 4.39. The van der Waals surface area contributed by atoms with Crippen molar-refractivity contribution in [1.82, 2.24) is 10.2 Å². The van der Waals surface area contributed by atoms with Crippen LogP contribution in [0.15, 0.2) is 24.3 Å². The molecule has 1 aliphatic heterocycles. The lowest BCUT2D eigenvalue weighted by atomic mass is 10.1. The van der Waals surface area contributed by atoms with Crippen molar-refractivity contribution in [3.05, 3.63) is 35.4 Å². The highest BCUT2D eigenvalue weighted by atomic mass is 16.2. The standard InChI is InChI=1S/C15H20N2O/c1-3-13-15(18)17(12-8-9-12)14(16-13)11-6-4-10(2)5-7-11/h4-7,12-14,16H,3,8-9H2,1-2H3. The molecule has 0 radical (unpaired) electrons. The molecule has 3 nitrogen and oxygen atoms in total. The van der Waals surface area contributed by atoms with Gasteiger partial charge in [0.05, 0.1) is 6.04 Å². The van der Waals surface area contributed by atoms with Gasteiger partial charge in [0, 0.05) is 6.04 Å². The second-order valence-corrected chi connectivity index (χ2v) is 5.42. The van der Waals surface area contributed by atoms with Crippen molar-refractivity contribution in [1.29, 1.82) is 0 Å². The lowest BCUT2D eigenvalue weighted by molar-refractivity contribution is -0.130. The summed E-state index contributed by atoms with van der Waals surface area (Å²) in [5, 5.41) is 3.47. The number of carbonyl (C=O) groups is 1. The molecule has 2 atom stereocenters. The van der Waals surface area contributed by atoms with Crippen molar-refractivity contribution in [2.45, 2.75) is 51.4 Å². The van der Waals surface area contributed by atoms with Crippen LogP contribution in [0.3, 0.4) is 0 Å². The lowest BCUT2D eigenvalue weighted by Crippen LogP contribution is -2.32. The zero-order valence-corrected chi connectivity index (χ0v) is 11.0. The molecule has 96 valence electrons. The third-order valence-electron chi connectivity index (χ3n) is 3.93. The van der Waals surface area contributed by atoms with E-state index in [1.165, 1.54) is 11.1 Å². The Labute approximate surface area is 108 Å². The predicted octanol–water partition coefficient (Wildman–Crippen LogP) is 2.37. The smallest absolute Gasteiger partial charge is 0.241 e. The molecular formula is C15H20N2O. The minimum absolute atomic E-state index is 0.00287. The van der Waals surface area contributed by atoms with Crippen LogP contribution in [-0.2, 0) is 4.79 Å². The highest BCUT2D eigenvalue weighted by molar-refractivity contribution is 5.85. The zero-order valence-electron chi connectivity index (χ0n) is 11.0. The number of nitrogens with zero attached hydrogens (tertiary/aromatic N) is 1. The minimum atomic E-state index is -0.00287. The molecule has 1 N–H and O–H groups in total. The van der Waals surface area contributed by atoms with Crippen molar-refractivity contribution in [2.24, 2.45) is 0 Å². The first kappa shape index (κ1) is 11.7. The van der Waals surface area contributed by atoms with Gasteiger partial charge >= 0.3 is 0 Å². The molecule has 1 saturated heterocycles. The van der Waals surface area contributed by atoms with Gasteiger partial charge in [0.15, 0.2) is 0 Å². The molecule has 1 aromatic rings. The Balaban J connectivity index is 1.89. The second-order valence-electron chi connectivity index (χ2n) is 5.42. The summed E-state index contributed by atoms with van der Waals surface area (Å²) in [6.45, 7) is 4.16. The fourth-order valence-electron chi connectivity index (χ4n) is 2.69. The van der Waals surface area contributed by atoms with Crippen LogP contribution in [0.25, 0.3) is 0 Å². The van der Waals surface area contributed by atoms with E-state index in [1.807, 2.05) is 0 Å². The Hall–Kier alpha value is -1.35. The van der Waals surface area contributed by atoms with Gasteiger partial charge in [0.1, 0.15) is 6.17 Å². The molecule has 1 heterocycles. The molecular weight excluding hydrogens is 224 g/mol. The summed E-state index contributed by atoms with van der Waals surface area (Å²) in [6, 6.07) is 8.96. The maximum Gasteiger partial charge on any atom is 0.241 e. The summed E-state index contributed by atoms with van der Waals surface area (Å²) in [7, 11) is 0. The van der Waals surface area contributed by atoms with Crippen molar-refractivity contribution in [2.75, 3.05) is 0 Å². The largest absolute Gasteiger partial charge is 0.319 e. The fraction of sp³-hybridized carbons (Fsp3) is 0.533. The molecule has 2 fully saturated rings. The van der Waals surface area contributed by atoms with Gasteiger partial charge in [-0.3, -0.25) is 10.1 Å². The van der Waals surface area contributed by atoms with Gasteiger partial charge in [-0.15, -0.1) is 0 Å². The van der Waals surface area contributed by atoms with Gasteiger partial charge in [-0.1, -0.05) is 36.8 Å². The molecule has 3 heteroatoms. The summed E-state index contributed by atoms with van der Waals surface area (Å²) >= 11 is 0. The number of amides is 1. The Kier molecular flexibility index (Phi) is 2.86. The first-order chi connectivity index (χ1) is 8.70. The third kappa shape index (κ3) is 1.93. The molecule has 1 amide bonds. The highest BCUT2D eigenvalue weighted by Gasteiger charge is 2.45. The summed E-state index contributed by atoms with van der Waals surface area (Å²) in [5.41, 5.74) is 2.46. The minimum Gasteiger partial charge on any atom is -0.319 e. The van der Waals surface area contributed by atoms with E-state index in [-0.39, 0.29) is 18.1 Å². The van der Waals surface area contributed by atoms with E-state index in [1.54, 1.807) is 0 Å². The van der Waals surface area contributed by atoms with Gasteiger partial charge in [-0.05, 0) is 31.7 Å². The molecule has 1 saturated carbocycles. The van der Waals surface area contributed by atoms with Crippen LogP contribution < -0.4 is 5.32 Å². The molecule has 0 spiro atoms. The van der Waals surface area contributed by atoms with Crippen LogP contribution in [0.5, 0.6) is 0 Å². The van der Waals surface area contributed by atoms with Gasteiger partial charge in [-0.25, -0.2) is 0 Å². The van der Waals surface area contributed by atoms with Crippen molar-refractivity contribution in [3.63, 3.8) is 0 Å². The Bertz CT molecular complexity index is 450. The molecule has 18 heavy (non-hydrogen) atoms. The van der Waals surface area contributed by atoms with Gasteiger partial charge < -0.3 is 4.90 Å². The lowest BCUT2D eigenvalue weighted by Gasteiger charge is -2.24. The zero-order chi connectivity index (χ0) is 12.7. The maximum absolute atomic E-state index is 12.3. The SMILES string of the molecule is CCC1NC(c2ccc(C)cc2)N(C2CC2)C1=O. The number of hydrogen-bond donors (Lipinski definition) is 1. The summed E-state index contributed by atoms with van der Waals surface area (Å²) in [4.78, 5) is 14.4. The molecule has 1 aromatic carbocycles. The van der Waals surface area contributed by atoms with E-state index in [4.69, 9.17) is 0 Å². The average molecular weight is 244 g/mol. The first-order valence-corrected chi connectivity index (χ1v) is 6.85. The average Bonchev–Trinajstić information content (AvgIpc) is 3.15. The number of hydrogen-bond acceptors (Lipinski definition) is 2. The number of nitrogens with one attached hydrogen (secondary N) is 1. The fourth-order valence-corrected chi connectivity index (χ4v) is 2.69. The summed E-state index contributed by atoms with van der Waals surface area (Å²) < 4.78 is 0. The van der Waals surface area contributed by atoms with Crippen LogP contribution in [0.1, 0.15) is 43.5 Å². The molecule has 0 bridgehead atoms. The van der Waals surface area contributed by atoms with E-state index in [2.05, 4.69) is 48.3 Å². The third-order valence-corrected chi connectivity index (χ3v) is 3.93. The Morgan fingerprint density at radius 2 is 1.94 bits per heavy atom. The van der Waals surface area contributed by atoms with Crippen molar-refractivity contribution >= 4 is 5.91 Å². The Morgan fingerprint density at radius 1 is 1.28 bits per heavy atom. The maximum atomic E-state index is 12.3. The molecule has 3 rings (SSSR count). The first-order valence-electron chi connectivity index (χ1n) is 6.85. The number of aryl methyl sites for hydroxylation is 1. The van der Waals surface area contributed by atoms with E-state index in [0.717, 1.165) is 19.3 Å².